The maximum absolute atomic E-state index is 12.7. The van der Waals surface area contributed by atoms with Gasteiger partial charge in [0, 0.05) is 23.5 Å². The quantitative estimate of drug-likeness (QED) is 0.708. The summed E-state index contributed by atoms with van der Waals surface area (Å²) in [7, 11) is 0. The normalized spacial score (nSPS) is 12.9. The van der Waals surface area contributed by atoms with E-state index in [0.29, 0.717) is 12.2 Å². The molecule has 0 fully saturated rings. The van der Waals surface area contributed by atoms with E-state index < -0.39 is 6.04 Å². The van der Waals surface area contributed by atoms with E-state index in [1.165, 1.54) is 6.21 Å². The van der Waals surface area contributed by atoms with Crippen molar-refractivity contribution in [3.05, 3.63) is 83.7 Å². The standard InChI is InChI=1S/C21H17N3O2/c22-11-19(14-4-2-1-3-5-14)24-21(25)15-6-7-17-16(10-15)13-26-20-12-23-9-8-18(17)20/h1-12,19,22H,13H2,(H,24,25)/t19-/m1/s1. The maximum Gasteiger partial charge on any atom is 0.252 e. The fourth-order valence-corrected chi connectivity index (χ4v) is 3.10. The van der Waals surface area contributed by atoms with Gasteiger partial charge in [-0.2, -0.15) is 0 Å². The lowest BCUT2D eigenvalue weighted by Crippen LogP contribution is -2.29. The molecule has 2 N–H and O–H groups in total. The first kappa shape index (κ1) is 16.0. The third-order valence-electron chi connectivity index (χ3n) is 4.44. The molecule has 0 aliphatic carbocycles. The minimum absolute atomic E-state index is 0.217. The van der Waals surface area contributed by atoms with Crippen LogP contribution in [0.1, 0.15) is 27.5 Å². The second kappa shape index (κ2) is 6.80. The summed E-state index contributed by atoms with van der Waals surface area (Å²) in [4.78, 5) is 16.7. The number of carbonyl (C=O) groups excluding carboxylic acids is 1. The maximum atomic E-state index is 12.7. The van der Waals surface area contributed by atoms with E-state index in [9.17, 15) is 4.79 Å². The molecule has 1 aliphatic rings. The molecule has 1 aromatic heterocycles. The second-order valence-corrected chi connectivity index (χ2v) is 6.06. The number of rotatable bonds is 4. The van der Waals surface area contributed by atoms with Crippen LogP contribution in [0, 0.1) is 5.41 Å². The van der Waals surface area contributed by atoms with Gasteiger partial charge in [-0.25, -0.2) is 0 Å². The number of nitrogens with one attached hydrogen (secondary N) is 2. The Hall–Kier alpha value is -3.47. The Balaban J connectivity index is 1.59. The van der Waals surface area contributed by atoms with Crippen LogP contribution in [-0.4, -0.2) is 17.1 Å². The van der Waals surface area contributed by atoms with Gasteiger partial charge >= 0.3 is 0 Å². The molecule has 0 spiro atoms. The van der Waals surface area contributed by atoms with Crippen LogP contribution in [0.2, 0.25) is 0 Å². The number of fused-ring (bicyclic) bond motifs is 3. The number of benzene rings is 2. The molecule has 1 aliphatic heterocycles. The first-order valence-corrected chi connectivity index (χ1v) is 8.33. The van der Waals surface area contributed by atoms with Crippen LogP contribution in [0.25, 0.3) is 11.1 Å². The summed E-state index contributed by atoms with van der Waals surface area (Å²) in [5.74, 6) is 0.538. The zero-order valence-electron chi connectivity index (χ0n) is 14.0. The molecule has 1 atom stereocenters. The fraction of sp³-hybridized carbons (Fsp3) is 0.0952. The van der Waals surface area contributed by atoms with Crippen LogP contribution in [0.3, 0.4) is 0 Å². The van der Waals surface area contributed by atoms with Gasteiger partial charge in [-0.15, -0.1) is 0 Å². The van der Waals surface area contributed by atoms with E-state index >= 15 is 0 Å². The van der Waals surface area contributed by atoms with Gasteiger partial charge in [0.05, 0.1) is 12.2 Å². The number of hydrogen-bond donors (Lipinski definition) is 2. The second-order valence-electron chi connectivity index (χ2n) is 6.06. The molecular formula is C21H17N3O2. The lowest BCUT2D eigenvalue weighted by atomic mass is 9.96. The van der Waals surface area contributed by atoms with Gasteiger partial charge < -0.3 is 15.5 Å². The van der Waals surface area contributed by atoms with Crippen LogP contribution >= 0.6 is 0 Å². The van der Waals surface area contributed by atoms with Crippen LogP contribution in [0.5, 0.6) is 5.75 Å². The van der Waals surface area contributed by atoms with Gasteiger partial charge in [-0.05, 0) is 34.9 Å². The molecule has 5 heteroatoms. The summed E-state index contributed by atoms with van der Waals surface area (Å²) >= 11 is 0. The highest BCUT2D eigenvalue weighted by Gasteiger charge is 2.20. The van der Waals surface area contributed by atoms with Gasteiger partial charge in [0.2, 0.25) is 0 Å². The first-order chi connectivity index (χ1) is 12.8. The Morgan fingerprint density at radius 2 is 2.00 bits per heavy atom. The van der Waals surface area contributed by atoms with Crippen molar-refractivity contribution in [1.29, 1.82) is 5.41 Å². The zero-order valence-corrected chi connectivity index (χ0v) is 14.0. The number of hydrogen-bond acceptors (Lipinski definition) is 4. The molecule has 4 rings (SSSR count). The lowest BCUT2D eigenvalue weighted by molar-refractivity contribution is 0.0947. The van der Waals surface area contributed by atoms with Crippen molar-refractivity contribution < 1.29 is 9.53 Å². The van der Waals surface area contributed by atoms with E-state index in [-0.39, 0.29) is 5.91 Å². The van der Waals surface area contributed by atoms with Crippen LogP contribution in [0.15, 0.2) is 67.0 Å². The van der Waals surface area contributed by atoms with E-state index in [1.54, 1.807) is 18.5 Å². The first-order valence-electron chi connectivity index (χ1n) is 8.33. The van der Waals surface area contributed by atoms with E-state index in [4.69, 9.17) is 10.1 Å². The minimum atomic E-state index is -0.456. The Morgan fingerprint density at radius 3 is 2.81 bits per heavy atom. The Morgan fingerprint density at radius 1 is 1.15 bits per heavy atom. The van der Waals surface area contributed by atoms with Crippen molar-refractivity contribution in [2.75, 3.05) is 0 Å². The van der Waals surface area contributed by atoms with Crippen molar-refractivity contribution in [1.82, 2.24) is 10.3 Å². The summed E-state index contributed by atoms with van der Waals surface area (Å²) < 4.78 is 5.73. The Kier molecular flexibility index (Phi) is 4.19. The molecule has 26 heavy (non-hydrogen) atoms. The molecule has 0 saturated carbocycles. The molecule has 3 aromatic rings. The number of aromatic nitrogens is 1. The monoisotopic (exact) mass is 343 g/mol. The smallest absolute Gasteiger partial charge is 0.252 e. The van der Waals surface area contributed by atoms with Gasteiger partial charge in [0.1, 0.15) is 12.4 Å². The van der Waals surface area contributed by atoms with Crippen LogP contribution in [0.4, 0.5) is 0 Å². The van der Waals surface area contributed by atoms with Gasteiger partial charge in [0.15, 0.2) is 0 Å². The number of carbonyl (C=O) groups is 1. The average molecular weight is 343 g/mol. The van der Waals surface area contributed by atoms with Crippen molar-refractivity contribution in [2.45, 2.75) is 12.6 Å². The predicted octanol–water partition coefficient (Wildman–Crippen LogP) is 3.76. The molecule has 2 heterocycles. The van der Waals surface area contributed by atoms with Crippen LogP contribution in [-0.2, 0) is 6.61 Å². The molecule has 0 unspecified atom stereocenters. The lowest BCUT2D eigenvalue weighted by Gasteiger charge is -2.21. The topological polar surface area (TPSA) is 75.1 Å². The summed E-state index contributed by atoms with van der Waals surface area (Å²) in [6, 6.07) is 16.5. The van der Waals surface area contributed by atoms with E-state index in [2.05, 4.69) is 10.3 Å². The van der Waals surface area contributed by atoms with Gasteiger partial charge in [-0.1, -0.05) is 36.4 Å². The highest BCUT2D eigenvalue weighted by atomic mass is 16.5. The van der Waals surface area contributed by atoms with Gasteiger partial charge in [0.25, 0.3) is 5.91 Å². The molecule has 0 bridgehead atoms. The highest BCUT2D eigenvalue weighted by Crippen LogP contribution is 2.36. The minimum Gasteiger partial charge on any atom is -0.487 e. The number of amides is 1. The van der Waals surface area contributed by atoms with Crippen molar-refractivity contribution >= 4 is 12.1 Å². The Bertz CT molecular complexity index is 970. The third kappa shape index (κ3) is 2.95. The predicted molar refractivity (Wildman–Crippen MR) is 99.4 cm³/mol. The molecule has 2 aromatic carbocycles. The highest BCUT2D eigenvalue weighted by molar-refractivity contribution is 5.97. The molecule has 1 amide bonds. The van der Waals surface area contributed by atoms with Gasteiger partial charge in [-0.3, -0.25) is 9.78 Å². The summed E-state index contributed by atoms with van der Waals surface area (Å²) in [5.41, 5.74) is 4.42. The largest absolute Gasteiger partial charge is 0.487 e. The van der Waals surface area contributed by atoms with Crippen LogP contribution < -0.4 is 10.1 Å². The molecule has 5 nitrogen and oxygen atoms in total. The number of ether oxygens (including phenoxy) is 1. The van der Waals surface area contributed by atoms with E-state index in [1.807, 2.05) is 48.5 Å². The summed E-state index contributed by atoms with van der Waals surface area (Å²) in [5, 5.41) is 10.5. The molecular weight excluding hydrogens is 326 g/mol. The zero-order chi connectivity index (χ0) is 17.9. The Labute approximate surface area is 151 Å². The summed E-state index contributed by atoms with van der Waals surface area (Å²) in [6.45, 7) is 0.405. The van der Waals surface area contributed by atoms with E-state index in [0.717, 1.165) is 28.0 Å². The average Bonchev–Trinajstić information content (AvgIpc) is 2.72. The van der Waals surface area contributed by atoms with Crippen molar-refractivity contribution in [3.63, 3.8) is 0 Å². The SMILES string of the molecule is N=C[C@@H](NC(=O)c1ccc2c(c1)COc1cnccc1-2)c1ccccc1. The molecule has 0 radical (unpaired) electrons. The third-order valence-corrected chi connectivity index (χ3v) is 4.44. The van der Waals surface area contributed by atoms with Crippen molar-refractivity contribution in [3.8, 4) is 16.9 Å². The fourth-order valence-electron chi connectivity index (χ4n) is 3.10. The summed E-state index contributed by atoms with van der Waals surface area (Å²) in [6.07, 6.45) is 4.66. The number of nitrogens with zero attached hydrogens (tertiary/aromatic N) is 1. The molecule has 128 valence electrons. The number of pyridine rings is 1. The van der Waals surface area contributed by atoms with Crippen molar-refractivity contribution in [2.24, 2.45) is 0 Å². The molecule has 0 saturated heterocycles.